The number of rotatable bonds is 4. The van der Waals surface area contributed by atoms with Gasteiger partial charge in [-0.2, -0.15) is 0 Å². The minimum Gasteiger partial charge on any atom is -0.462 e. The molecule has 3 N–H and O–H groups in total. The molecule has 5 heteroatoms. The molecule has 0 aliphatic carbocycles. The zero-order valence-electron chi connectivity index (χ0n) is 9.79. The lowest BCUT2D eigenvalue weighted by atomic mass is 10.2. The van der Waals surface area contributed by atoms with Crippen LogP contribution in [0.25, 0.3) is 0 Å². The molecule has 0 spiro atoms. The van der Waals surface area contributed by atoms with Gasteiger partial charge in [-0.25, -0.2) is 4.79 Å². The maximum atomic E-state index is 11.4. The molecule has 0 aliphatic rings. The van der Waals surface area contributed by atoms with Gasteiger partial charge in [0, 0.05) is 5.70 Å². The first-order valence-electron chi connectivity index (χ1n) is 5.21. The van der Waals surface area contributed by atoms with Gasteiger partial charge in [0.1, 0.15) is 5.03 Å². The van der Waals surface area contributed by atoms with E-state index in [1.54, 1.807) is 26.0 Å². The topological polar surface area (TPSA) is 64.3 Å². The second-order valence-electron chi connectivity index (χ2n) is 3.37. The zero-order chi connectivity index (χ0) is 12.8. The van der Waals surface area contributed by atoms with Gasteiger partial charge in [-0.15, -0.1) is 0 Å². The number of carbonyl (C=O) groups excluding carboxylic acids is 1. The first kappa shape index (κ1) is 13.4. The lowest BCUT2D eigenvalue weighted by Gasteiger charge is -2.10. The van der Waals surface area contributed by atoms with Gasteiger partial charge in [-0.3, -0.25) is 0 Å². The number of carbonyl (C=O) groups is 1. The Morgan fingerprint density at radius 1 is 1.47 bits per heavy atom. The van der Waals surface area contributed by atoms with Crippen molar-refractivity contribution in [2.24, 2.45) is 0 Å². The molecule has 0 amide bonds. The molecule has 0 atom stereocenters. The molecule has 0 heterocycles. The molecule has 4 nitrogen and oxygen atoms in total. The van der Waals surface area contributed by atoms with Gasteiger partial charge >= 0.3 is 5.97 Å². The summed E-state index contributed by atoms with van der Waals surface area (Å²) in [5, 5.41) is 2.99. The van der Waals surface area contributed by atoms with Gasteiger partial charge in [-0.1, -0.05) is 23.7 Å². The van der Waals surface area contributed by atoms with Crippen LogP contribution < -0.4 is 11.1 Å². The molecule has 0 aromatic heterocycles. The maximum Gasteiger partial charge on any atom is 0.351 e. The molecule has 0 fully saturated rings. The van der Waals surface area contributed by atoms with Gasteiger partial charge in [0.15, 0.2) is 0 Å². The fourth-order valence-corrected chi connectivity index (χ4v) is 1.32. The summed E-state index contributed by atoms with van der Waals surface area (Å²) in [7, 11) is 0. The number of nitrogens with two attached hydrogens (primary N) is 1. The van der Waals surface area contributed by atoms with Crippen LogP contribution in [0.2, 0.25) is 0 Å². The monoisotopic (exact) mass is 254 g/mol. The van der Waals surface area contributed by atoms with Crippen molar-refractivity contribution in [1.29, 1.82) is 0 Å². The number of nitrogens with one attached hydrogen (secondary N) is 1. The number of nitrogen functional groups attached to an aromatic ring is 1. The second-order valence-corrected chi connectivity index (χ2v) is 3.75. The Balaban J connectivity index is 2.84. The Labute approximate surface area is 105 Å². The summed E-state index contributed by atoms with van der Waals surface area (Å²) in [6, 6.07) is 7.22. The van der Waals surface area contributed by atoms with Crippen LogP contribution in [0.15, 0.2) is 35.0 Å². The van der Waals surface area contributed by atoms with Gasteiger partial charge in [0.2, 0.25) is 0 Å². The second kappa shape index (κ2) is 6.15. The predicted octanol–water partition coefficient (Wildman–Crippen LogP) is 2.71. The van der Waals surface area contributed by atoms with E-state index in [1.165, 1.54) is 0 Å². The van der Waals surface area contributed by atoms with Crippen molar-refractivity contribution in [3.63, 3.8) is 0 Å². The highest BCUT2D eigenvalue weighted by molar-refractivity contribution is 6.41. The van der Waals surface area contributed by atoms with Crippen molar-refractivity contribution in [3.8, 4) is 0 Å². The molecule has 92 valence electrons. The van der Waals surface area contributed by atoms with Crippen LogP contribution in [0.3, 0.4) is 0 Å². The molecule has 1 aromatic rings. The summed E-state index contributed by atoms with van der Waals surface area (Å²) < 4.78 is 4.79. The normalized spacial score (nSPS) is 11.7. The lowest BCUT2D eigenvalue weighted by molar-refractivity contribution is -0.137. The highest BCUT2D eigenvalue weighted by Gasteiger charge is 2.11. The Bertz CT molecular complexity index is 444. The van der Waals surface area contributed by atoms with E-state index in [4.69, 9.17) is 22.1 Å². The summed E-state index contributed by atoms with van der Waals surface area (Å²) in [5.74, 6) is -0.548. The van der Waals surface area contributed by atoms with Crippen LogP contribution in [-0.4, -0.2) is 12.6 Å². The first-order chi connectivity index (χ1) is 8.06. The summed E-state index contributed by atoms with van der Waals surface area (Å²) in [6.07, 6.45) is 0. The average Bonchev–Trinajstić information content (AvgIpc) is 2.31. The van der Waals surface area contributed by atoms with E-state index < -0.39 is 5.97 Å². The number of benzene rings is 1. The van der Waals surface area contributed by atoms with Crippen molar-refractivity contribution < 1.29 is 9.53 Å². The maximum absolute atomic E-state index is 11.4. The Morgan fingerprint density at radius 2 is 2.12 bits per heavy atom. The van der Waals surface area contributed by atoms with Crippen molar-refractivity contribution in [2.75, 3.05) is 17.7 Å². The van der Waals surface area contributed by atoms with Crippen LogP contribution in [0.1, 0.15) is 13.8 Å². The molecule has 0 bridgehead atoms. The number of esters is 1. The predicted molar refractivity (Wildman–Crippen MR) is 69.7 cm³/mol. The quantitative estimate of drug-likeness (QED) is 0.493. The van der Waals surface area contributed by atoms with Crippen LogP contribution in [-0.2, 0) is 9.53 Å². The Hall–Kier alpha value is -1.68. The SMILES string of the molecule is CCOC(=O)C(Cl)=C(C)Nc1ccccc1N. The lowest BCUT2D eigenvalue weighted by Crippen LogP contribution is -2.09. The number of halogens is 1. The smallest absolute Gasteiger partial charge is 0.351 e. The minimum absolute atomic E-state index is 0.0232. The highest BCUT2D eigenvalue weighted by Crippen LogP contribution is 2.21. The summed E-state index contributed by atoms with van der Waals surface area (Å²) in [6.45, 7) is 3.70. The van der Waals surface area contributed by atoms with E-state index in [1.807, 2.05) is 12.1 Å². The average molecular weight is 255 g/mol. The summed E-state index contributed by atoms with van der Waals surface area (Å²) in [4.78, 5) is 11.4. The molecule has 1 aromatic carbocycles. The molecule has 0 aliphatic heterocycles. The third-order valence-corrected chi connectivity index (χ3v) is 2.50. The molecule has 0 saturated carbocycles. The van der Waals surface area contributed by atoms with Gasteiger partial charge in [0.05, 0.1) is 18.0 Å². The van der Waals surface area contributed by atoms with Gasteiger partial charge in [-0.05, 0) is 26.0 Å². The van der Waals surface area contributed by atoms with Crippen molar-refractivity contribution in [1.82, 2.24) is 0 Å². The van der Waals surface area contributed by atoms with Crippen LogP contribution in [0.5, 0.6) is 0 Å². The van der Waals surface area contributed by atoms with E-state index in [9.17, 15) is 4.79 Å². The number of para-hydroxylation sites is 2. The third-order valence-electron chi connectivity index (χ3n) is 2.07. The minimum atomic E-state index is -0.548. The number of ether oxygens (including phenoxy) is 1. The largest absolute Gasteiger partial charge is 0.462 e. The fourth-order valence-electron chi connectivity index (χ4n) is 1.22. The van der Waals surface area contributed by atoms with Crippen molar-refractivity contribution in [2.45, 2.75) is 13.8 Å². The standard InChI is InChI=1S/C12H15ClN2O2/c1-3-17-12(16)11(13)8(2)15-10-7-5-4-6-9(10)14/h4-7,15H,3,14H2,1-2H3. The molecule has 1 rings (SSSR count). The zero-order valence-corrected chi connectivity index (χ0v) is 10.5. The van der Waals surface area contributed by atoms with E-state index >= 15 is 0 Å². The van der Waals surface area contributed by atoms with E-state index in [2.05, 4.69) is 5.32 Å². The summed E-state index contributed by atoms with van der Waals surface area (Å²) in [5.41, 5.74) is 7.55. The highest BCUT2D eigenvalue weighted by atomic mass is 35.5. The van der Waals surface area contributed by atoms with Crippen LogP contribution in [0, 0.1) is 0 Å². The number of hydrogen-bond acceptors (Lipinski definition) is 4. The number of allylic oxidation sites excluding steroid dienone is 1. The Kier molecular flexibility index (Phi) is 4.84. The van der Waals surface area contributed by atoms with E-state index in [0.29, 0.717) is 17.1 Å². The van der Waals surface area contributed by atoms with Crippen LogP contribution >= 0.6 is 11.6 Å². The van der Waals surface area contributed by atoms with E-state index in [0.717, 1.165) is 0 Å². The fraction of sp³-hybridized carbons (Fsp3) is 0.250. The van der Waals surface area contributed by atoms with E-state index in [-0.39, 0.29) is 11.6 Å². The number of hydrogen-bond donors (Lipinski definition) is 2. The molecule has 0 saturated heterocycles. The molecule has 0 unspecified atom stereocenters. The van der Waals surface area contributed by atoms with Crippen molar-refractivity contribution in [3.05, 3.63) is 35.0 Å². The van der Waals surface area contributed by atoms with Crippen molar-refractivity contribution >= 4 is 28.9 Å². The molecule has 17 heavy (non-hydrogen) atoms. The van der Waals surface area contributed by atoms with Crippen LogP contribution in [0.4, 0.5) is 11.4 Å². The summed E-state index contributed by atoms with van der Waals surface area (Å²) >= 11 is 5.86. The van der Waals surface area contributed by atoms with Gasteiger partial charge < -0.3 is 15.8 Å². The number of anilines is 2. The molecular weight excluding hydrogens is 240 g/mol. The van der Waals surface area contributed by atoms with Gasteiger partial charge in [0.25, 0.3) is 0 Å². The molecule has 0 radical (unpaired) electrons. The molecular formula is C12H15ClN2O2. The Morgan fingerprint density at radius 3 is 2.71 bits per heavy atom. The first-order valence-corrected chi connectivity index (χ1v) is 5.59. The third kappa shape index (κ3) is 3.67.